The number of ether oxygens (including phenoxy) is 1. The van der Waals surface area contributed by atoms with Crippen LogP contribution in [0.3, 0.4) is 0 Å². The first-order valence-corrected chi connectivity index (χ1v) is 6.31. The van der Waals surface area contributed by atoms with E-state index in [0.717, 1.165) is 0 Å². The van der Waals surface area contributed by atoms with Gasteiger partial charge in [0.1, 0.15) is 29.7 Å². The van der Waals surface area contributed by atoms with Crippen molar-refractivity contribution in [3.63, 3.8) is 0 Å². The van der Waals surface area contributed by atoms with Crippen LogP contribution in [0.25, 0.3) is 0 Å². The molecule has 0 amide bonds. The van der Waals surface area contributed by atoms with E-state index in [-0.39, 0.29) is 18.1 Å². The molecule has 1 aromatic carbocycles. The van der Waals surface area contributed by atoms with Crippen molar-refractivity contribution in [3.05, 3.63) is 41.2 Å². The molecule has 0 spiro atoms. The first kappa shape index (κ1) is 15.1. The fraction of sp³-hybridized carbons (Fsp3) is 0.286. The lowest BCUT2D eigenvalue weighted by Gasteiger charge is -2.12. The lowest BCUT2D eigenvalue weighted by Crippen LogP contribution is -2.06. The monoisotopic (exact) mass is 294 g/mol. The molecule has 0 saturated heterocycles. The van der Waals surface area contributed by atoms with Crippen molar-refractivity contribution in [3.8, 4) is 0 Å². The van der Waals surface area contributed by atoms with E-state index in [1.54, 1.807) is 20.0 Å². The molecular weight excluding hydrogens is 278 g/mol. The number of hydrogen-bond donors (Lipinski definition) is 2. The van der Waals surface area contributed by atoms with Crippen molar-refractivity contribution in [2.45, 2.75) is 13.5 Å². The second-order valence-electron chi connectivity index (χ2n) is 4.42. The van der Waals surface area contributed by atoms with Gasteiger partial charge in [-0.3, -0.25) is 0 Å². The average Bonchev–Trinajstić information content (AvgIpc) is 2.48. The maximum atomic E-state index is 14.0. The maximum Gasteiger partial charge on any atom is 0.158 e. The smallest absolute Gasteiger partial charge is 0.158 e. The van der Waals surface area contributed by atoms with Crippen molar-refractivity contribution in [1.29, 1.82) is 0 Å². The lowest BCUT2D eigenvalue weighted by atomic mass is 10.2. The summed E-state index contributed by atoms with van der Waals surface area (Å²) < 4.78 is 32.7. The predicted octanol–water partition coefficient (Wildman–Crippen LogP) is 2.99. The van der Waals surface area contributed by atoms with E-state index in [2.05, 4.69) is 20.6 Å². The van der Waals surface area contributed by atoms with Crippen molar-refractivity contribution < 1.29 is 13.5 Å². The molecule has 1 aromatic heterocycles. The first-order chi connectivity index (χ1) is 10.0. The van der Waals surface area contributed by atoms with Crippen LogP contribution in [0.1, 0.15) is 11.4 Å². The number of aryl methyl sites for hydroxylation is 1. The zero-order chi connectivity index (χ0) is 15.4. The molecule has 0 saturated carbocycles. The quantitative estimate of drug-likeness (QED) is 0.887. The largest absolute Gasteiger partial charge is 0.377 e. The molecule has 2 N–H and O–H groups in total. The van der Waals surface area contributed by atoms with E-state index < -0.39 is 11.6 Å². The Morgan fingerprint density at radius 1 is 1.19 bits per heavy atom. The fourth-order valence-electron chi connectivity index (χ4n) is 1.78. The molecule has 0 atom stereocenters. The Bertz CT molecular complexity index is 649. The first-order valence-electron chi connectivity index (χ1n) is 6.31. The third-order valence-corrected chi connectivity index (χ3v) is 2.84. The molecule has 2 rings (SSSR count). The van der Waals surface area contributed by atoms with Gasteiger partial charge in [0.2, 0.25) is 0 Å². The van der Waals surface area contributed by atoms with Gasteiger partial charge in [0.25, 0.3) is 0 Å². The van der Waals surface area contributed by atoms with Gasteiger partial charge < -0.3 is 15.4 Å². The van der Waals surface area contributed by atoms with Gasteiger partial charge >= 0.3 is 0 Å². The van der Waals surface area contributed by atoms with Crippen LogP contribution in [0.4, 0.5) is 26.1 Å². The normalized spacial score (nSPS) is 10.5. The summed E-state index contributed by atoms with van der Waals surface area (Å²) in [5.41, 5.74) is 0.109. The second kappa shape index (κ2) is 6.45. The van der Waals surface area contributed by atoms with Gasteiger partial charge in [-0.1, -0.05) is 6.07 Å². The molecule has 2 aromatic rings. The third-order valence-electron chi connectivity index (χ3n) is 2.84. The zero-order valence-electron chi connectivity index (χ0n) is 12.0. The Balaban J connectivity index is 2.39. The lowest BCUT2D eigenvalue weighted by molar-refractivity contribution is 0.178. The van der Waals surface area contributed by atoms with Crippen LogP contribution >= 0.6 is 0 Å². The number of halogens is 2. The van der Waals surface area contributed by atoms with E-state index in [1.165, 1.54) is 19.2 Å². The summed E-state index contributed by atoms with van der Waals surface area (Å²) in [5.74, 6) is -0.123. The Morgan fingerprint density at radius 3 is 2.57 bits per heavy atom. The molecule has 0 aliphatic heterocycles. The van der Waals surface area contributed by atoms with Crippen LogP contribution in [-0.4, -0.2) is 24.1 Å². The highest BCUT2D eigenvalue weighted by Crippen LogP contribution is 2.25. The van der Waals surface area contributed by atoms with E-state index >= 15 is 0 Å². The van der Waals surface area contributed by atoms with Gasteiger partial charge in [0, 0.05) is 20.2 Å². The molecule has 0 fully saturated rings. The summed E-state index contributed by atoms with van der Waals surface area (Å²) in [4.78, 5) is 8.33. The van der Waals surface area contributed by atoms with Gasteiger partial charge in [-0.2, -0.15) is 0 Å². The van der Waals surface area contributed by atoms with Gasteiger partial charge in [0.15, 0.2) is 11.6 Å². The molecule has 7 heteroatoms. The Morgan fingerprint density at radius 2 is 1.90 bits per heavy atom. The van der Waals surface area contributed by atoms with Crippen LogP contribution in [0.2, 0.25) is 0 Å². The SMILES string of the molecule is CNc1cc(Nc2c(F)ccc(C)c2F)nc(COC)n1. The molecule has 0 bridgehead atoms. The van der Waals surface area contributed by atoms with Crippen molar-refractivity contribution >= 4 is 17.3 Å². The van der Waals surface area contributed by atoms with Gasteiger partial charge in [-0.05, 0) is 18.6 Å². The molecule has 112 valence electrons. The molecule has 0 aliphatic carbocycles. The summed E-state index contributed by atoms with van der Waals surface area (Å²) in [6.45, 7) is 1.76. The highest BCUT2D eigenvalue weighted by atomic mass is 19.1. The molecule has 0 radical (unpaired) electrons. The van der Waals surface area contributed by atoms with Crippen molar-refractivity contribution in [2.75, 3.05) is 24.8 Å². The highest BCUT2D eigenvalue weighted by molar-refractivity contribution is 5.61. The topological polar surface area (TPSA) is 59.1 Å². The number of anilines is 3. The molecule has 5 nitrogen and oxygen atoms in total. The van der Waals surface area contributed by atoms with Gasteiger partial charge in [0.05, 0.1) is 0 Å². The van der Waals surface area contributed by atoms with Crippen LogP contribution in [0.15, 0.2) is 18.2 Å². The average molecular weight is 294 g/mol. The molecular formula is C14H16F2N4O. The minimum absolute atomic E-state index is 0.197. The number of benzene rings is 1. The van der Waals surface area contributed by atoms with E-state index in [0.29, 0.717) is 17.2 Å². The summed E-state index contributed by atoms with van der Waals surface area (Å²) in [6.07, 6.45) is 0. The number of nitrogens with zero attached hydrogens (tertiary/aromatic N) is 2. The maximum absolute atomic E-state index is 14.0. The number of hydrogen-bond acceptors (Lipinski definition) is 5. The molecule has 0 unspecified atom stereocenters. The summed E-state index contributed by atoms with van der Waals surface area (Å²) in [5, 5.41) is 5.52. The van der Waals surface area contributed by atoms with Crippen LogP contribution in [0, 0.1) is 18.6 Å². The Hall–Kier alpha value is -2.28. The Labute approximate surface area is 121 Å². The number of methoxy groups -OCH3 is 1. The predicted molar refractivity (Wildman–Crippen MR) is 76.7 cm³/mol. The minimum Gasteiger partial charge on any atom is -0.377 e. The van der Waals surface area contributed by atoms with Crippen LogP contribution in [0.5, 0.6) is 0 Å². The van der Waals surface area contributed by atoms with E-state index in [9.17, 15) is 8.78 Å². The van der Waals surface area contributed by atoms with Crippen molar-refractivity contribution in [2.24, 2.45) is 0 Å². The zero-order valence-corrected chi connectivity index (χ0v) is 12.0. The third kappa shape index (κ3) is 3.43. The number of aromatic nitrogens is 2. The number of rotatable bonds is 5. The van der Waals surface area contributed by atoms with E-state index in [4.69, 9.17) is 4.74 Å². The fourth-order valence-corrected chi connectivity index (χ4v) is 1.78. The molecule has 21 heavy (non-hydrogen) atoms. The van der Waals surface area contributed by atoms with Gasteiger partial charge in [-0.25, -0.2) is 18.7 Å². The highest BCUT2D eigenvalue weighted by Gasteiger charge is 2.13. The summed E-state index contributed by atoms with van der Waals surface area (Å²) in [6, 6.07) is 4.14. The molecule has 0 aliphatic rings. The second-order valence-corrected chi connectivity index (χ2v) is 4.42. The van der Waals surface area contributed by atoms with Crippen molar-refractivity contribution in [1.82, 2.24) is 9.97 Å². The standard InChI is InChI=1S/C14H16F2N4O/c1-8-4-5-9(15)14(13(8)16)20-11-6-10(17-2)18-12(19-11)7-21-3/h4-6H,7H2,1-3H3,(H2,17,18,19,20). The molecule has 1 heterocycles. The van der Waals surface area contributed by atoms with Gasteiger partial charge in [-0.15, -0.1) is 0 Å². The minimum atomic E-state index is -0.684. The van der Waals surface area contributed by atoms with Crippen LogP contribution in [-0.2, 0) is 11.3 Å². The number of nitrogens with one attached hydrogen (secondary N) is 2. The summed E-state index contributed by atoms with van der Waals surface area (Å²) >= 11 is 0. The Kier molecular flexibility index (Phi) is 4.64. The van der Waals surface area contributed by atoms with Crippen LogP contribution < -0.4 is 10.6 Å². The van der Waals surface area contributed by atoms with E-state index in [1.807, 2.05) is 0 Å². The summed E-state index contributed by atoms with van der Waals surface area (Å²) in [7, 11) is 3.21.